The summed E-state index contributed by atoms with van der Waals surface area (Å²) in [6, 6.07) is 10.1. The Morgan fingerprint density at radius 3 is 2.38 bits per heavy atom. The van der Waals surface area contributed by atoms with Crippen LogP contribution in [-0.2, 0) is 4.74 Å². The fourth-order valence-electron chi connectivity index (χ4n) is 2.24. The largest absolute Gasteiger partial charge is 0.368 e. The van der Waals surface area contributed by atoms with Crippen molar-refractivity contribution in [3.63, 3.8) is 0 Å². The number of hydrogen-bond donors (Lipinski definition) is 0. The molecular weight excluding hydrogens is 371 g/mol. The topological polar surface area (TPSA) is 9.23 Å². The van der Waals surface area contributed by atoms with Crippen molar-refractivity contribution in [1.82, 2.24) is 0 Å². The summed E-state index contributed by atoms with van der Waals surface area (Å²) >= 11 is 2.49. The summed E-state index contributed by atoms with van der Waals surface area (Å²) < 4.78 is 6.02. The SMILES string of the molecule is CCCCCCCC[C@@H](I)[C@H](C#Cc1ccccc1)OC. The third-order valence-electron chi connectivity index (χ3n) is 3.55. The molecule has 0 aliphatic carbocycles. The van der Waals surface area contributed by atoms with Crippen LogP contribution in [0.1, 0.15) is 57.4 Å². The minimum absolute atomic E-state index is 0.0291. The van der Waals surface area contributed by atoms with Crippen LogP contribution in [0.15, 0.2) is 30.3 Å². The molecule has 1 nitrogen and oxygen atoms in total. The summed E-state index contributed by atoms with van der Waals surface area (Å²) in [6.45, 7) is 2.26. The van der Waals surface area contributed by atoms with Crippen molar-refractivity contribution in [3.8, 4) is 11.8 Å². The fraction of sp³-hybridized carbons (Fsp3) is 0.579. The zero-order valence-electron chi connectivity index (χ0n) is 13.3. The predicted molar refractivity (Wildman–Crippen MR) is 99.9 cm³/mol. The van der Waals surface area contributed by atoms with Crippen LogP contribution in [0.5, 0.6) is 0 Å². The number of alkyl halides is 1. The summed E-state index contributed by atoms with van der Waals surface area (Å²) in [5.41, 5.74) is 1.06. The van der Waals surface area contributed by atoms with Gasteiger partial charge in [0.05, 0.1) is 0 Å². The van der Waals surface area contributed by atoms with E-state index in [1.807, 2.05) is 30.3 Å². The third kappa shape index (κ3) is 8.48. The molecule has 0 N–H and O–H groups in total. The fourth-order valence-corrected chi connectivity index (χ4v) is 3.16. The quantitative estimate of drug-likeness (QED) is 0.228. The molecule has 116 valence electrons. The first-order valence-corrected chi connectivity index (χ1v) is 9.26. The Morgan fingerprint density at radius 1 is 1.05 bits per heavy atom. The van der Waals surface area contributed by atoms with E-state index in [-0.39, 0.29) is 6.10 Å². The summed E-state index contributed by atoms with van der Waals surface area (Å²) in [6.07, 6.45) is 9.27. The minimum atomic E-state index is 0.0291. The first-order chi connectivity index (χ1) is 10.3. The Morgan fingerprint density at radius 2 is 1.71 bits per heavy atom. The van der Waals surface area contributed by atoms with Gasteiger partial charge < -0.3 is 4.74 Å². The Balaban J connectivity index is 2.33. The highest BCUT2D eigenvalue weighted by atomic mass is 127. The van der Waals surface area contributed by atoms with E-state index in [4.69, 9.17) is 4.74 Å². The maximum Gasteiger partial charge on any atom is 0.129 e. The molecule has 0 aliphatic heterocycles. The Kier molecular flexibility index (Phi) is 10.6. The highest BCUT2D eigenvalue weighted by molar-refractivity contribution is 14.1. The van der Waals surface area contributed by atoms with Crippen LogP contribution in [0.2, 0.25) is 0 Å². The van der Waals surface area contributed by atoms with Gasteiger partial charge in [-0.15, -0.1) is 0 Å². The van der Waals surface area contributed by atoms with Crippen LogP contribution in [0, 0.1) is 11.8 Å². The second-order valence-electron chi connectivity index (χ2n) is 5.36. The number of halogens is 1. The van der Waals surface area contributed by atoms with Crippen molar-refractivity contribution in [1.29, 1.82) is 0 Å². The van der Waals surface area contributed by atoms with Gasteiger partial charge in [0.1, 0.15) is 6.10 Å². The molecule has 0 aromatic heterocycles. The molecule has 21 heavy (non-hydrogen) atoms. The maximum absolute atomic E-state index is 5.55. The van der Waals surface area contributed by atoms with Crippen molar-refractivity contribution in [3.05, 3.63) is 35.9 Å². The highest BCUT2D eigenvalue weighted by Gasteiger charge is 2.15. The normalized spacial score (nSPS) is 13.3. The molecule has 0 aliphatic rings. The lowest BCUT2D eigenvalue weighted by Crippen LogP contribution is -2.21. The molecule has 1 aromatic rings. The summed E-state index contributed by atoms with van der Waals surface area (Å²) in [5.74, 6) is 6.48. The molecule has 0 saturated heterocycles. The predicted octanol–water partition coefficient (Wildman–Crippen LogP) is 5.61. The smallest absolute Gasteiger partial charge is 0.129 e. The molecule has 1 rings (SSSR count). The Hall–Kier alpha value is -0.530. The number of benzene rings is 1. The number of rotatable bonds is 9. The van der Waals surface area contributed by atoms with E-state index < -0.39 is 0 Å². The van der Waals surface area contributed by atoms with Crippen LogP contribution in [0.25, 0.3) is 0 Å². The van der Waals surface area contributed by atoms with E-state index in [0.29, 0.717) is 3.92 Å². The van der Waals surface area contributed by atoms with Gasteiger partial charge in [-0.25, -0.2) is 0 Å². The van der Waals surface area contributed by atoms with E-state index in [0.717, 1.165) is 5.56 Å². The van der Waals surface area contributed by atoms with Crippen LogP contribution in [0.3, 0.4) is 0 Å². The van der Waals surface area contributed by atoms with Crippen LogP contribution >= 0.6 is 22.6 Å². The lowest BCUT2D eigenvalue weighted by atomic mass is 10.1. The lowest BCUT2D eigenvalue weighted by molar-refractivity contribution is 0.147. The molecule has 0 heterocycles. The zero-order chi connectivity index (χ0) is 15.3. The molecular formula is C19H27IO. The molecule has 0 fully saturated rings. The lowest BCUT2D eigenvalue weighted by Gasteiger charge is -2.15. The summed E-state index contributed by atoms with van der Waals surface area (Å²) in [7, 11) is 1.76. The van der Waals surface area contributed by atoms with Gasteiger partial charge in [-0.3, -0.25) is 0 Å². The van der Waals surface area contributed by atoms with Crippen molar-refractivity contribution >= 4 is 22.6 Å². The average Bonchev–Trinajstić information content (AvgIpc) is 2.52. The highest BCUT2D eigenvalue weighted by Crippen LogP contribution is 2.18. The van der Waals surface area contributed by atoms with Gasteiger partial charge >= 0.3 is 0 Å². The van der Waals surface area contributed by atoms with Gasteiger partial charge in [-0.2, -0.15) is 0 Å². The van der Waals surface area contributed by atoms with Gasteiger partial charge in [0.15, 0.2) is 0 Å². The van der Waals surface area contributed by atoms with Crippen LogP contribution in [-0.4, -0.2) is 17.1 Å². The van der Waals surface area contributed by atoms with Crippen LogP contribution in [0.4, 0.5) is 0 Å². The molecule has 2 heteroatoms. The van der Waals surface area contributed by atoms with Gasteiger partial charge in [0, 0.05) is 16.6 Å². The molecule has 2 atom stereocenters. The van der Waals surface area contributed by atoms with Gasteiger partial charge in [-0.1, -0.05) is 98.1 Å². The molecule has 0 radical (unpaired) electrons. The third-order valence-corrected chi connectivity index (χ3v) is 4.82. The van der Waals surface area contributed by atoms with E-state index in [1.54, 1.807) is 7.11 Å². The van der Waals surface area contributed by atoms with Crippen molar-refractivity contribution in [2.45, 2.75) is 61.9 Å². The average molecular weight is 398 g/mol. The number of methoxy groups -OCH3 is 1. The van der Waals surface area contributed by atoms with Gasteiger partial charge in [-0.05, 0) is 18.6 Å². The number of unbranched alkanes of at least 4 members (excludes halogenated alkanes) is 5. The van der Waals surface area contributed by atoms with Crippen molar-refractivity contribution < 1.29 is 4.74 Å². The van der Waals surface area contributed by atoms with E-state index >= 15 is 0 Å². The molecule has 0 spiro atoms. The van der Waals surface area contributed by atoms with Gasteiger partial charge in [0.2, 0.25) is 0 Å². The number of ether oxygens (including phenoxy) is 1. The molecule has 0 saturated carbocycles. The Labute approximate surface area is 144 Å². The summed E-state index contributed by atoms with van der Waals surface area (Å²) in [5, 5.41) is 0. The number of hydrogen-bond acceptors (Lipinski definition) is 1. The maximum atomic E-state index is 5.55. The van der Waals surface area contributed by atoms with Gasteiger partial charge in [0.25, 0.3) is 0 Å². The molecule has 0 amide bonds. The Bertz CT molecular complexity index is 418. The monoisotopic (exact) mass is 398 g/mol. The molecule has 0 bridgehead atoms. The van der Waals surface area contributed by atoms with E-state index in [9.17, 15) is 0 Å². The van der Waals surface area contributed by atoms with E-state index in [1.165, 1.54) is 44.9 Å². The minimum Gasteiger partial charge on any atom is -0.368 e. The second-order valence-corrected chi connectivity index (χ2v) is 6.96. The van der Waals surface area contributed by atoms with Crippen molar-refractivity contribution in [2.24, 2.45) is 0 Å². The first-order valence-electron chi connectivity index (χ1n) is 8.01. The van der Waals surface area contributed by atoms with Crippen molar-refractivity contribution in [2.75, 3.05) is 7.11 Å². The molecule has 1 aromatic carbocycles. The standard InChI is InChI=1S/C19H27IO/c1-3-4-5-6-7-11-14-18(20)19(21-2)16-15-17-12-9-8-10-13-17/h8-10,12-13,18-19H,3-7,11,14H2,1-2H3/t18-,19+/m1/s1. The summed E-state index contributed by atoms with van der Waals surface area (Å²) in [4.78, 5) is 0. The second kappa shape index (κ2) is 12.1. The van der Waals surface area contributed by atoms with E-state index in [2.05, 4.69) is 41.4 Å². The van der Waals surface area contributed by atoms with Crippen LogP contribution < -0.4 is 0 Å². The molecule has 0 unspecified atom stereocenters. The zero-order valence-corrected chi connectivity index (χ0v) is 15.4. The first kappa shape index (κ1) is 18.5.